The average Bonchev–Trinajstić information content (AvgIpc) is 2.66. The molecule has 0 aliphatic carbocycles. The summed E-state index contributed by atoms with van der Waals surface area (Å²) in [5.41, 5.74) is -0.734. The van der Waals surface area contributed by atoms with Crippen LogP contribution in [0.25, 0.3) is 0 Å². The number of anilines is 1. The molecule has 1 rings (SSSR count). The van der Waals surface area contributed by atoms with Gasteiger partial charge in [0, 0.05) is 5.69 Å². The number of hydrogen-bond acceptors (Lipinski definition) is 3. The number of rotatable bonds is 8. The van der Waals surface area contributed by atoms with Crippen molar-refractivity contribution in [3.63, 3.8) is 0 Å². The van der Waals surface area contributed by atoms with Crippen LogP contribution in [0, 0.1) is 13.8 Å². The van der Waals surface area contributed by atoms with Crippen LogP contribution in [0.3, 0.4) is 0 Å². The maximum absolute atomic E-state index is 14.5. The third-order valence-electron chi connectivity index (χ3n) is 4.28. The maximum Gasteiger partial charge on any atom is 0.462 e. The van der Waals surface area contributed by atoms with Crippen molar-refractivity contribution in [2.75, 3.05) is 5.32 Å². The molecule has 38 heavy (non-hydrogen) atoms. The van der Waals surface area contributed by atoms with Crippen LogP contribution >= 0.6 is 0 Å². The summed E-state index contributed by atoms with van der Waals surface area (Å²) in [6.45, 7) is 2.38. The van der Waals surface area contributed by atoms with E-state index in [-0.39, 0.29) is 5.56 Å². The van der Waals surface area contributed by atoms with Crippen LogP contribution in [-0.2, 0) is 14.3 Å². The van der Waals surface area contributed by atoms with Gasteiger partial charge in [-0.2, -0.15) is 74.6 Å². The van der Waals surface area contributed by atoms with Crippen LogP contribution in [0.2, 0.25) is 0 Å². The molecule has 0 saturated heterocycles. The van der Waals surface area contributed by atoms with Gasteiger partial charge in [-0.3, -0.25) is 14.3 Å². The Bertz CT molecular complexity index is 1030. The Hall–Kier alpha value is -2.58. The molecule has 2 atom stereocenters. The van der Waals surface area contributed by atoms with Gasteiger partial charge in [0.05, 0.1) is 0 Å². The van der Waals surface area contributed by atoms with Crippen molar-refractivity contribution < 1.29 is 88.9 Å². The fraction of sp³-hybridized carbons (Fsp3) is 0.588. The van der Waals surface area contributed by atoms with E-state index < -0.39 is 60.0 Å². The minimum absolute atomic E-state index is 0.234. The summed E-state index contributed by atoms with van der Waals surface area (Å²) in [5.74, 6) is -26.2. The normalized spacial score (nSPS) is 17.6. The van der Waals surface area contributed by atoms with Crippen LogP contribution in [0.1, 0.15) is 11.1 Å². The second kappa shape index (κ2) is 9.56. The number of hydrogen-bond donors (Lipinski definition) is 1. The summed E-state index contributed by atoms with van der Waals surface area (Å²) in [7, 11) is 0. The minimum atomic E-state index is -8.05. The monoisotopic (exact) mass is 599 g/mol. The van der Waals surface area contributed by atoms with Crippen molar-refractivity contribution in [3.8, 4) is 0 Å². The second-order valence-corrected chi connectivity index (χ2v) is 7.27. The molecule has 1 aromatic carbocycles. The molecule has 1 N–H and O–H groups in total. The van der Waals surface area contributed by atoms with Gasteiger partial charge in [0.2, 0.25) is 0 Å². The lowest BCUT2D eigenvalue weighted by Gasteiger charge is -2.40. The lowest BCUT2D eigenvalue weighted by atomic mass is 10.1. The second-order valence-electron chi connectivity index (χ2n) is 7.27. The average molecular weight is 599 g/mol. The first-order valence-electron chi connectivity index (χ1n) is 8.97. The Kier molecular flexibility index (Phi) is 8.41. The third-order valence-corrected chi connectivity index (χ3v) is 4.28. The van der Waals surface area contributed by atoms with E-state index in [1.165, 1.54) is 11.7 Å². The zero-order valence-corrected chi connectivity index (χ0v) is 17.9. The molecule has 0 unspecified atom stereocenters. The van der Waals surface area contributed by atoms with E-state index in [0.29, 0.717) is 11.6 Å². The fourth-order valence-electron chi connectivity index (χ4n) is 2.32. The highest BCUT2D eigenvalue weighted by atomic mass is 19.4. The van der Waals surface area contributed by atoms with Gasteiger partial charge in [-0.15, -0.1) is 0 Å². The molecule has 0 heterocycles. The zero-order valence-electron chi connectivity index (χ0n) is 17.9. The Balaban J connectivity index is 3.65. The standard InChI is InChI=1S/C17H10F17NO3/c1-6-3-4-8(7(2)5-6)35-9(36)10(18,13(22,23)24)37-17(33,34)12(21,15(28,29)30)38-16(31,32)11(19,20)14(25,26)27/h3-5H,1-2H3,(H,35,36)/t10-,12-/m0/s1. The smallest absolute Gasteiger partial charge is 0.321 e. The number of carbonyl (C=O) groups is 1. The van der Waals surface area contributed by atoms with E-state index in [9.17, 15) is 79.4 Å². The van der Waals surface area contributed by atoms with E-state index in [1.807, 2.05) is 4.74 Å². The predicted octanol–water partition coefficient (Wildman–Crippen LogP) is 7.11. The number of benzene rings is 1. The van der Waals surface area contributed by atoms with Crippen LogP contribution in [0.5, 0.6) is 0 Å². The number of ether oxygens (including phenoxy) is 2. The number of halogens is 17. The molecular formula is C17H10F17NO3. The molecule has 1 amide bonds. The molecular weight excluding hydrogens is 589 g/mol. The van der Waals surface area contributed by atoms with E-state index in [0.717, 1.165) is 24.4 Å². The number of alkyl halides is 17. The Morgan fingerprint density at radius 1 is 0.658 bits per heavy atom. The predicted molar refractivity (Wildman–Crippen MR) is 87.4 cm³/mol. The van der Waals surface area contributed by atoms with E-state index in [1.54, 1.807) is 0 Å². The summed E-state index contributed by atoms with van der Waals surface area (Å²) >= 11 is 0. The Morgan fingerprint density at radius 2 is 1.13 bits per heavy atom. The van der Waals surface area contributed by atoms with Gasteiger partial charge < -0.3 is 5.32 Å². The quantitative estimate of drug-likeness (QED) is 0.324. The van der Waals surface area contributed by atoms with Gasteiger partial charge in [0.15, 0.2) is 0 Å². The third kappa shape index (κ3) is 5.86. The Labute approximate surface area is 198 Å². The maximum atomic E-state index is 14.5. The summed E-state index contributed by atoms with van der Waals surface area (Å²) in [4.78, 5) is 11.8. The van der Waals surface area contributed by atoms with Crippen LogP contribution in [0.15, 0.2) is 18.2 Å². The van der Waals surface area contributed by atoms with Crippen molar-refractivity contribution in [2.45, 2.75) is 62.2 Å². The van der Waals surface area contributed by atoms with Crippen LogP contribution in [0.4, 0.5) is 80.3 Å². The zero-order chi connectivity index (χ0) is 30.6. The summed E-state index contributed by atoms with van der Waals surface area (Å²) < 4.78 is 227. The van der Waals surface area contributed by atoms with Gasteiger partial charge in [-0.25, -0.2) is 0 Å². The SMILES string of the molecule is Cc1ccc(NC(=O)[C@](F)(OC(F)(F)[C@@](F)(OC(F)(F)C(F)(F)C(F)(F)F)C(F)(F)F)C(F)(F)F)c(C)c1. The number of carbonyl (C=O) groups excluding carboxylic acids is 1. The van der Waals surface area contributed by atoms with Gasteiger partial charge >= 0.3 is 48.4 Å². The van der Waals surface area contributed by atoms with Gasteiger partial charge in [-0.1, -0.05) is 17.7 Å². The highest BCUT2D eigenvalue weighted by molar-refractivity contribution is 5.97. The molecule has 0 bridgehead atoms. The molecule has 0 aliphatic heterocycles. The topological polar surface area (TPSA) is 47.6 Å². The Morgan fingerprint density at radius 3 is 1.50 bits per heavy atom. The highest BCUT2D eigenvalue weighted by Crippen LogP contribution is 2.56. The molecule has 0 radical (unpaired) electrons. The van der Waals surface area contributed by atoms with Crippen molar-refractivity contribution in [1.82, 2.24) is 0 Å². The first-order chi connectivity index (χ1) is 16.5. The molecule has 4 nitrogen and oxygen atoms in total. The number of aryl methyl sites for hydroxylation is 2. The first kappa shape index (κ1) is 33.4. The first-order valence-corrected chi connectivity index (χ1v) is 8.97. The largest absolute Gasteiger partial charge is 0.462 e. The summed E-state index contributed by atoms with van der Waals surface area (Å²) in [5, 5.41) is 0.936. The van der Waals surface area contributed by atoms with Crippen LogP contribution < -0.4 is 5.32 Å². The van der Waals surface area contributed by atoms with E-state index >= 15 is 0 Å². The summed E-state index contributed by atoms with van der Waals surface area (Å²) in [6.07, 6.45) is -38.6. The molecule has 0 spiro atoms. The van der Waals surface area contributed by atoms with Crippen LogP contribution in [-0.4, -0.2) is 54.3 Å². The lowest BCUT2D eigenvalue weighted by molar-refractivity contribution is -0.548. The van der Waals surface area contributed by atoms with E-state index in [2.05, 4.69) is 0 Å². The highest BCUT2D eigenvalue weighted by Gasteiger charge is 2.85. The van der Waals surface area contributed by atoms with Crippen molar-refractivity contribution in [3.05, 3.63) is 29.3 Å². The van der Waals surface area contributed by atoms with Gasteiger partial charge in [-0.05, 0) is 25.5 Å². The fourth-order valence-corrected chi connectivity index (χ4v) is 2.32. The van der Waals surface area contributed by atoms with Crippen molar-refractivity contribution in [2.24, 2.45) is 0 Å². The van der Waals surface area contributed by atoms with Gasteiger partial charge in [0.25, 0.3) is 5.91 Å². The molecule has 0 aromatic heterocycles. The molecule has 1 aromatic rings. The molecule has 0 aliphatic rings. The molecule has 21 heteroatoms. The van der Waals surface area contributed by atoms with Gasteiger partial charge in [0.1, 0.15) is 0 Å². The molecule has 0 saturated carbocycles. The number of nitrogens with one attached hydrogen (secondary N) is 1. The summed E-state index contributed by atoms with van der Waals surface area (Å²) in [6, 6.07) is 2.79. The number of amides is 1. The van der Waals surface area contributed by atoms with Crippen molar-refractivity contribution >= 4 is 11.6 Å². The van der Waals surface area contributed by atoms with E-state index in [4.69, 9.17) is 0 Å². The minimum Gasteiger partial charge on any atom is -0.321 e. The molecule has 220 valence electrons. The molecule has 0 fully saturated rings. The lowest BCUT2D eigenvalue weighted by Crippen LogP contribution is -2.68. The van der Waals surface area contributed by atoms with Crippen molar-refractivity contribution in [1.29, 1.82) is 0 Å².